The molecule has 0 spiro atoms. The number of thiophene rings is 1. The zero-order valence-corrected chi connectivity index (χ0v) is 12.5. The SMILES string of the molecule is CC(N)Cc1c(Cl)cccc1OCCc1cccs1. The molecule has 0 aliphatic carbocycles. The molecule has 2 aromatic rings. The Kier molecular flexibility index (Phi) is 5.25. The van der Waals surface area contributed by atoms with Gasteiger partial charge in [-0.2, -0.15) is 0 Å². The van der Waals surface area contributed by atoms with E-state index in [0.29, 0.717) is 6.61 Å². The lowest BCUT2D eigenvalue weighted by Crippen LogP contribution is -2.18. The fourth-order valence-corrected chi connectivity index (χ4v) is 2.84. The number of benzene rings is 1. The Morgan fingerprint density at radius 2 is 2.16 bits per heavy atom. The topological polar surface area (TPSA) is 35.2 Å². The van der Waals surface area contributed by atoms with E-state index in [1.54, 1.807) is 11.3 Å². The molecule has 2 N–H and O–H groups in total. The molecular formula is C15H18ClNOS. The van der Waals surface area contributed by atoms with E-state index in [4.69, 9.17) is 22.1 Å². The average molecular weight is 296 g/mol. The number of nitrogens with two attached hydrogens (primary N) is 1. The molecule has 2 nitrogen and oxygen atoms in total. The minimum Gasteiger partial charge on any atom is -0.493 e. The Labute approximate surface area is 123 Å². The molecule has 0 bridgehead atoms. The molecule has 4 heteroatoms. The summed E-state index contributed by atoms with van der Waals surface area (Å²) in [5.74, 6) is 0.848. The Morgan fingerprint density at radius 1 is 1.32 bits per heavy atom. The third-order valence-corrected chi connectivity index (χ3v) is 4.08. The Balaban J connectivity index is 2.00. The van der Waals surface area contributed by atoms with Crippen molar-refractivity contribution in [2.45, 2.75) is 25.8 Å². The molecular weight excluding hydrogens is 278 g/mol. The lowest BCUT2D eigenvalue weighted by Gasteiger charge is -2.14. The predicted molar refractivity (Wildman–Crippen MR) is 82.3 cm³/mol. The Morgan fingerprint density at radius 3 is 2.84 bits per heavy atom. The summed E-state index contributed by atoms with van der Waals surface area (Å²) < 4.78 is 5.86. The molecule has 1 atom stereocenters. The van der Waals surface area contributed by atoms with Gasteiger partial charge in [0.25, 0.3) is 0 Å². The van der Waals surface area contributed by atoms with Gasteiger partial charge in [0.2, 0.25) is 0 Å². The first-order valence-electron chi connectivity index (χ1n) is 6.35. The quantitative estimate of drug-likeness (QED) is 0.877. The molecule has 102 valence electrons. The van der Waals surface area contributed by atoms with E-state index < -0.39 is 0 Å². The maximum absolute atomic E-state index is 6.22. The van der Waals surface area contributed by atoms with Crippen LogP contribution in [0.5, 0.6) is 5.75 Å². The van der Waals surface area contributed by atoms with E-state index in [-0.39, 0.29) is 6.04 Å². The maximum atomic E-state index is 6.22. The van der Waals surface area contributed by atoms with Crippen LogP contribution in [-0.4, -0.2) is 12.6 Å². The van der Waals surface area contributed by atoms with Crippen LogP contribution in [0.1, 0.15) is 17.4 Å². The van der Waals surface area contributed by atoms with Crippen molar-refractivity contribution in [3.63, 3.8) is 0 Å². The number of halogens is 1. The minimum absolute atomic E-state index is 0.0690. The summed E-state index contributed by atoms with van der Waals surface area (Å²) in [6, 6.07) is 9.99. The first kappa shape index (κ1) is 14.4. The summed E-state index contributed by atoms with van der Waals surface area (Å²) in [5, 5.41) is 2.81. The van der Waals surface area contributed by atoms with Crippen molar-refractivity contribution in [2.24, 2.45) is 5.73 Å². The van der Waals surface area contributed by atoms with Crippen molar-refractivity contribution in [2.75, 3.05) is 6.61 Å². The fourth-order valence-electron chi connectivity index (χ4n) is 1.91. The highest BCUT2D eigenvalue weighted by Crippen LogP contribution is 2.27. The van der Waals surface area contributed by atoms with Gasteiger partial charge in [-0.05, 0) is 36.9 Å². The molecule has 0 aliphatic rings. The first-order valence-corrected chi connectivity index (χ1v) is 7.60. The molecule has 2 rings (SSSR count). The molecule has 0 fully saturated rings. The summed E-state index contributed by atoms with van der Waals surface area (Å²) in [5.41, 5.74) is 6.86. The number of ether oxygens (including phenoxy) is 1. The highest BCUT2D eigenvalue weighted by molar-refractivity contribution is 7.09. The van der Waals surface area contributed by atoms with E-state index in [9.17, 15) is 0 Å². The van der Waals surface area contributed by atoms with Crippen molar-refractivity contribution in [3.8, 4) is 5.75 Å². The molecule has 0 amide bonds. The molecule has 1 aromatic heterocycles. The largest absolute Gasteiger partial charge is 0.493 e. The summed E-state index contributed by atoms with van der Waals surface area (Å²) in [4.78, 5) is 1.33. The van der Waals surface area contributed by atoms with E-state index in [2.05, 4.69) is 17.5 Å². The number of hydrogen-bond donors (Lipinski definition) is 1. The highest BCUT2D eigenvalue weighted by Gasteiger charge is 2.10. The van der Waals surface area contributed by atoms with Crippen molar-refractivity contribution in [3.05, 3.63) is 51.2 Å². The second-order valence-corrected chi connectivity index (χ2v) is 6.02. The molecule has 0 saturated carbocycles. The van der Waals surface area contributed by atoms with Crippen molar-refractivity contribution in [1.29, 1.82) is 0 Å². The first-order chi connectivity index (χ1) is 9.16. The van der Waals surface area contributed by atoms with Crippen LogP contribution in [0, 0.1) is 0 Å². The molecule has 0 aliphatic heterocycles. The Hall–Kier alpha value is -1.03. The van der Waals surface area contributed by atoms with Gasteiger partial charge in [-0.3, -0.25) is 0 Å². The molecule has 1 aromatic carbocycles. The van der Waals surface area contributed by atoms with Crippen molar-refractivity contribution in [1.82, 2.24) is 0 Å². The molecule has 1 heterocycles. The second kappa shape index (κ2) is 6.94. The van der Waals surface area contributed by atoms with Crippen LogP contribution in [0.25, 0.3) is 0 Å². The van der Waals surface area contributed by atoms with E-state index in [0.717, 1.165) is 29.2 Å². The van der Waals surface area contributed by atoms with Gasteiger partial charge in [-0.25, -0.2) is 0 Å². The average Bonchev–Trinajstić information content (AvgIpc) is 2.86. The minimum atomic E-state index is 0.0690. The fraction of sp³-hybridized carbons (Fsp3) is 0.333. The van der Waals surface area contributed by atoms with Crippen molar-refractivity contribution >= 4 is 22.9 Å². The molecule has 19 heavy (non-hydrogen) atoms. The summed E-state index contributed by atoms with van der Waals surface area (Å²) in [6.45, 7) is 2.63. The van der Waals surface area contributed by atoms with E-state index >= 15 is 0 Å². The predicted octanol–water partition coefficient (Wildman–Crippen LogP) is 3.91. The number of rotatable bonds is 6. The van der Waals surface area contributed by atoms with Crippen LogP contribution < -0.4 is 10.5 Å². The van der Waals surface area contributed by atoms with Gasteiger partial charge in [0.05, 0.1) is 6.61 Å². The van der Waals surface area contributed by atoms with E-state index in [1.165, 1.54) is 4.88 Å². The smallest absolute Gasteiger partial charge is 0.124 e. The summed E-state index contributed by atoms with van der Waals surface area (Å²) in [6.07, 6.45) is 1.65. The van der Waals surface area contributed by atoms with Crippen LogP contribution in [-0.2, 0) is 12.8 Å². The van der Waals surface area contributed by atoms with Gasteiger partial charge in [0, 0.05) is 27.9 Å². The monoisotopic (exact) mass is 295 g/mol. The van der Waals surface area contributed by atoms with Crippen molar-refractivity contribution < 1.29 is 4.74 Å². The number of hydrogen-bond acceptors (Lipinski definition) is 3. The van der Waals surface area contributed by atoms with Gasteiger partial charge >= 0.3 is 0 Å². The van der Waals surface area contributed by atoms with Crippen LogP contribution in [0.2, 0.25) is 5.02 Å². The van der Waals surface area contributed by atoms with Gasteiger partial charge in [0.1, 0.15) is 5.75 Å². The molecule has 1 unspecified atom stereocenters. The van der Waals surface area contributed by atoms with Gasteiger partial charge < -0.3 is 10.5 Å². The second-order valence-electron chi connectivity index (χ2n) is 4.58. The van der Waals surface area contributed by atoms with Gasteiger partial charge in [0.15, 0.2) is 0 Å². The molecule has 0 radical (unpaired) electrons. The maximum Gasteiger partial charge on any atom is 0.124 e. The highest BCUT2D eigenvalue weighted by atomic mass is 35.5. The normalized spacial score (nSPS) is 12.4. The lowest BCUT2D eigenvalue weighted by molar-refractivity contribution is 0.319. The lowest BCUT2D eigenvalue weighted by atomic mass is 10.1. The van der Waals surface area contributed by atoms with Gasteiger partial charge in [-0.1, -0.05) is 23.7 Å². The Bertz CT molecular complexity index is 511. The standard InChI is InChI=1S/C15H18ClNOS/c1-11(17)10-13-14(16)5-2-6-15(13)18-8-7-12-4-3-9-19-12/h2-6,9,11H,7-8,10,17H2,1H3. The molecule has 0 saturated heterocycles. The zero-order chi connectivity index (χ0) is 13.7. The van der Waals surface area contributed by atoms with Gasteiger partial charge in [-0.15, -0.1) is 11.3 Å². The van der Waals surface area contributed by atoms with Crippen LogP contribution in [0.15, 0.2) is 35.7 Å². The van der Waals surface area contributed by atoms with Crippen LogP contribution >= 0.6 is 22.9 Å². The summed E-state index contributed by atoms with van der Waals surface area (Å²) >= 11 is 7.97. The third kappa shape index (κ3) is 4.23. The van der Waals surface area contributed by atoms with Crippen LogP contribution in [0.3, 0.4) is 0 Å². The van der Waals surface area contributed by atoms with E-state index in [1.807, 2.05) is 25.1 Å². The third-order valence-electron chi connectivity index (χ3n) is 2.79. The summed E-state index contributed by atoms with van der Waals surface area (Å²) in [7, 11) is 0. The van der Waals surface area contributed by atoms with Crippen LogP contribution in [0.4, 0.5) is 0 Å². The zero-order valence-electron chi connectivity index (χ0n) is 10.9.